The van der Waals surface area contributed by atoms with Gasteiger partial charge in [0.25, 0.3) is 0 Å². The lowest BCUT2D eigenvalue weighted by atomic mass is 9.75. The van der Waals surface area contributed by atoms with Gasteiger partial charge in [0.15, 0.2) is 0 Å². The Hall–Kier alpha value is -0.900. The first-order valence-corrected chi connectivity index (χ1v) is 6.72. The first-order chi connectivity index (χ1) is 8.14. The highest BCUT2D eigenvalue weighted by atomic mass is 15.3. The number of nitrogens with one attached hydrogen (secondary N) is 1. The minimum Gasteiger partial charge on any atom is -0.312 e. The summed E-state index contributed by atoms with van der Waals surface area (Å²) in [6.45, 7) is 14.5. The van der Waals surface area contributed by atoms with Crippen molar-refractivity contribution in [3.05, 3.63) is 12.2 Å². The van der Waals surface area contributed by atoms with E-state index in [1.165, 1.54) is 0 Å². The molecule has 4 nitrogen and oxygen atoms in total. The van der Waals surface area contributed by atoms with E-state index in [2.05, 4.69) is 56.9 Å². The second-order valence-electron chi connectivity index (χ2n) is 6.89. The van der Waals surface area contributed by atoms with Gasteiger partial charge in [0.05, 0.1) is 0 Å². The fourth-order valence-corrected chi connectivity index (χ4v) is 1.78. The van der Waals surface area contributed by atoms with E-state index >= 15 is 0 Å². The minimum absolute atomic E-state index is 0.149. The van der Waals surface area contributed by atoms with Gasteiger partial charge in [0, 0.05) is 25.6 Å². The van der Waals surface area contributed by atoms with Crippen molar-refractivity contribution >= 4 is 0 Å². The van der Waals surface area contributed by atoms with Crippen LogP contribution < -0.4 is 5.32 Å². The second kappa shape index (κ2) is 5.39. The molecule has 0 aromatic carbocycles. The highest BCUT2D eigenvalue weighted by molar-refractivity contribution is 4.95. The number of nitrogens with zero attached hydrogens (tertiary/aromatic N) is 3. The molecule has 0 aliphatic rings. The van der Waals surface area contributed by atoms with E-state index in [-0.39, 0.29) is 11.0 Å². The molecule has 0 saturated heterocycles. The minimum atomic E-state index is 0.149. The lowest BCUT2D eigenvalue weighted by Crippen LogP contribution is -2.46. The van der Waals surface area contributed by atoms with Gasteiger partial charge in [0.2, 0.25) is 0 Å². The van der Waals surface area contributed by atoms with E-state index in [0.29, 0.717) is 5.92 Å². The van der Waals surface area contributed by atoms with Crippen molar-refractivity contribution in [3.63, 3.8) is 0 Å². The highest BCUT2D eigenvalue weighted by Gasteiger charge is 2.31. The smallest absolute Gasteiger partial charge is 0.138 e. The van der Waals surface area contributed by atoms with E-state index in [1.54, 1.807) is 6.33 Å². The third kappa shape index (κ3) is 4.09. The zero-order valence-electron chi connectivity index (χ0n) is 12.9. The second-order valence-corrected chi connectivity index (χ2v) is 6.89. The third-order valence-electron chi connectivity index (χ3n) is 3.78. The lowest BCUT2D eigenvalue weighted by molar-refractivity contribution is 0.182. The van der Waals surface area contributed by atoms with Crippen LogP contribution in [-0.2, 0) is 13.5 Å². The molecular weight excluding hydrogens is 224 g/mol. The first kappa shape index (κ1) is 15.2. The molecule has 0 radical (unpaired) electrons. The van der Waals surface area contributed by atoms with Crippen LogP contribution in [0.5, 0.6) is 0 Å². The largest absolute Gasteiger partial charge is 0.312 e. The van der Waals surface area contributed by atoms with Crippen molar-refractivity contribution in [2.45, 2.75) is 53.5 Å². The number of aryl methyl sites for hydroxylation is 1. The van der Waals surface area contributed by atoms with Gasteiger partial charge >= 0.3 is 0 Å². The van der Waals surface area contributed by atoms with Crippen LogP contribution in [0.1, 0.15) is 47.4 Å². The van der Waals surface area contributed by atoms with Gasteiger partial charge in [-0.05, 0) is 32.1 Å². The predicted molar refractivity (Wildman–Crippen MR) is 75.4 cm³/mol. The Kier molecular flexibility index (Phi) is 4.54. The van der Waals surface area contributed by atoms with Crippen LogP contribution in [0.3, 0.4) is 0 Å². The van der Waals surface area contributed by atoms with Crippen molar-refractivity contribution in [2.24, 2.45) is 18.4 Å². The topological polar surface area (TPSA) is 42.7 Å². The molecule has 1 unspecified atom stereocenters. The average Bonchev–Trinajstić information content (AvgIpc) is 2.60. The molecule has 1 aromatic heterocycles. The van der Waals surface area contributed by atoms with Gasteiger partial charge in [-0.25, -0.2) is 4.98 Å². The molecule has 0 fully saturated rings. The molecule has 0 spiro atoms. The standard InChI is InChI=1S/C14H28N4/c1-11(2)14(6,9-16-13(3,4)5)8-12-15-10-17-18(12)7/h10-11,16H,8-9H2,1-7H3. The summed E-state index contributed by atoms with van der Waals surface area (Å²) in [4.78, 5) is 4.35. The molecule has 0 aliphatic carbocycles. The van der Waals surface area contributed by atoms with E-state index in [4.69, 9.17) is 0 Å². The normalized spacial score (nSPS) is 16.0. The molecule has 1 N–H and O–H groups in total. The van der Waals surface area contributed by atoms with Gasteiger partial charge < -0.3 is 5.32 Å². The highest BCUT2D eigenvalue weighted by Crippen LogP contribution is 2.30. The summed E-state index contributed by atoms with van der Waals surface area (Å²) in [6.07, 6.45) is 2.58. The van der Waals surface area contributed by atoms with E-state index in [1.807, 2.05) is 11.7 Å². The van der Waals surface area contributed by atoms with E-state index in [0.717, 1.165) is 18.8 Å². The average molecular weight is 252 g/mol. The summed E-state index contributed by atoms with van der Waals surface area (Å²) in [5.74, 6) is 1.64. The first-order valence-electron chi connectivity index (χ1n) is 6.72. The van der Waals surface area contributed by atoms with Gasteiger partial charge in [-0.15, -0.1) is 0 Å². The molecule has 104 valence electrons. The number of aromatic nitrogens is 3. The number of hydrogen-bond acceptors (Lipinski definition) is 3. The Bertz CT molecular complexity index is 375. The maximum Gasteiger partial charge on any atom is 0.138 e. The van der Waals surface area contributed by atoms with Crippen LogP contribution in [0.2, 0.25) is 0 Å². The fraction of sp³-hybridized carbons (Fsp3) is 0.857. The van der Waals surface area contributed by atoms with Crippen LogP contribution >= 0.6 is 0 Å². The molecule has 0 saturated carbocycles. The molecule has 4 heteroatoms. The summed E-state index contributed by atoms with van der Waals surface area (Å²) in [6, 6.07) is 0. The fourth-order valence-electron chi connectivity index (χ4n) is 1.78. The summed E-state index contributed by atoms with van der Waals surface area (Å²) in [5, 5.41) is 7.77. The van der Waals surface area contributed by atoms with Gasteiger partial charge in [0.1, 0.15) is 12.2 Å². The number of rotatable bonds is 5. The third-order valence-corrected chi connectivity index (χ3v) is 3.78. The zero-order valence-corrected chi connectivity index (χ0v) is 12.9. The van der Waals surface area contributed by atoms with E-state index in [9.17, 15) is 0 Å². The summed E-state index contributed by atoms with van der Waals surface area (Å²) in [7, 11) is 1.96. The Balaban J connectivity index is 2.78. The Morgan fingerprint density at radius 2 is 1.89 bits per heavy atom. The molecule has 0 aliphatic heterocycles. The molecule has 1 heterocycles. The van der Waals surface area contributed by atoms with Gasteiger partial charge in [-0.2, -0.15) is 5.10 Å². The monoisotopic (exact) mass is 252 g/mol. The quantitative estimate of drug-likeness (QED) is 0.875. The van der Waals surface area contributed by atoms with Crippen LogP contribution in [0.15, 0.2) is 6.33 Å². The summed E-state index contributed by atoms with van der Waals surface area (Å²) < 4.78 is 1.87. The number of hydrogen-bond donors (Lipinski definition) is 1. The molecule has 18 heavy (non-hydrogen) atoms. The molecular formula is C14H28N4. The van der Waals surface area contributed by atoms with Crippen LogP contribution in [-0.4, -0.2) is 26.8 Å². The molecule has 0 bridgehead atoms. The Morgan fingerprint density at radius 1 is 1.28 bits per heavy atom. The van der Waals surface area contributed by atoms with Crippen LogP contribution in [0.4, 0.5) is 0 Å². The predicted octanol–water partition coefficient (Wildman–Crippen LogP) is 2.41. The van der Waals surface area contributed by atoms with Crippen molar-refractivity contribution in [1.29, 1.82) is 0 Å². The van der Waals surface area contributed by atoms with Crippen molar-refractivity contribution in [3.8, 4) is 0 Å². The summed E-state index contributed by atoms with van der Waals surface area (Å²) in [5.41, 5.74) is 0.337. The maximum absolute atomic E-state index is 4.35. The SMILES string of the molecule is CC(C)C(C)(CNC(C)(C)C)Cc1ncnn1C. The molecule has 0 amide bonds. The summed E-state index contributed by atoms with van der Waals surface area (Å²) >= 11 is 0. The Labute approximate surface area is 111 Å². The zero-order chi connectivity index (χ0) is 14.0. The van der Waals surface area contributed by atoms with Gasteiger partial charge in [-0.1, -0.05) is 20.8 Å². The molecule has 1 atom stereocenters. The van der Waals surface area contributed by atoms with Gasteiger partial charge in [-0.3, -0.25) is 4.68 Å². The molecule has 1 rings (SSSR count). The van der Waals surface area contributed by atoms with E-state index < -0.39 is 0 Å². The van der Waals surface area contributed by atoms with Crippen molar-refractivity contribution < 1.29 is 0 Å². The lowest BCUT2D eigenvalue weighted by Gasteiger charge is -2.36. The molecule has 1 aromatic rings. The van der Waals surface area contributed by atoms with Crippen LogP contribution in [0, 0.1) is 11.3 Å². The van der Waals surface area contributed by atoms with Crippen LogP contribution in [0.25, 0.3) is 0 Å². The van der Waals surface area contributed by atoms with Crippen molar-refractivity contribution in [2.75, 3.05) is 6.54 Å². The maximum atomic E-state index is 4.35. The van der Waals surface area contributed by atoms with Crippen molar-refractivity contribution in [1.82, 2.24) is 20.1 Å². The Morgan fingerprint density at radius 3 is 2.28 bits per heavy atom.